The van der Waals surface area contributed by atoms with Gasteiger partial charge in [-0.25, -0.2) is 0 Å². The van der Waals surface area contributed by atoms with E-state index in [1.54, 1.807) is 7.11 Å². The monoisotopic (exact) mass is 250 g/mol. The number of aryl methyl sites for hydroxylation is 1. The molecule has 0 aliphatic rings. The van der Waals surface area contributed by atoms with Crippen molar-refractivity contribution in [1.29, 1.82) is 0 Å². The summed E-state index contributed by atoms with van der Waals surface area (Å²) in [5, 5.41) is 3.42. The number of nitrogens with one attached hydrogen (secondary N) is 1. The van der Waals surface area contributed by atoms with Crippen molar-refractivity contribution in [2.45, 2.75) is 32.4 Å². The molecule has 0 radical (unpaired) electrons. The average Bonchev–Trinajstić information content (AvgIpc) is 2.29. The third-order valence-electron chi connectivity index (χ3n) is 3.84. The van der Waals surface area contributed by atoms with Crippen molar-refractivity contribution >= 4 is 0 Å². The first kappa shape index (κ1) is 15.0. The number of benzene rings is 1. The summed E-state index contributed by atoms with van der Waals surface area (Å²) < 4.78 is 5.50. The number of hydrogen-bond acceptors (Lipinski definition) is 3. The Morgan fingerprint density at radius 1 is 1.28 bits per heavy atom. The largest absolute Gasteiger partial charge is 0.496 e. The van der Waals surface area contributed by atoms with E-state index in [2.05, 4.69) is 57.2 Å². The van der Waals surface area contributed by atoms with E-state index in [4.69, 9.17) is 4.74 Å². The average molecular weight is 250 g/mol. The maximum Gasteiger partial charge on any atom is 0.123 e. The van der Waals surface area contributed by atoms with E-state index in [1.165, 1.54) is 11.1 Å². The lowest BCUT2D eigenvalue weighted by Gasteiger charge is -2.40. The quantitative estimate of drug-likeness (QED) is 0.869. The minimum absolute atomic E-state index is 0.00414. The summed E-state index contributed by atoms with van der Waals surface area (Å²) in [5.41, 5.74) is 2.45. The molecule has 0 aromatic heterocycles. The normalized spacial score (nSPS) is 13.8. The molecular formula is C15H26N2O. The Morgan fingerprint density at radius 2 is 1.89 bits per heavy atom. The van der Waals surface area contributed by atoms with Crippen LogP contribution in [0.1, 0.15) is 31.0 Å². The van der Waals surface area contributed by atoms with E-state index >= 15 is 0 Å². The molecule has 1 N–H and O–H groups in total. The third kappa shape index (κ3) is 2.85. The van der Waals surface area contributed by atoms with Crippen molar-refractivity contribution < 1.29 is 4.74 Å². The fourth-order valence-corrected chi connectivity index (χ4v) is 2.23. The van der Waals surface area contributed by atoms with Crippen molar-refractivity contribution in [3.05, 3.63) is 29.3 Å². The SMILES string of the molecule is CNC(c1cc(C)ccc1OC)C(C)(C)N(C)C. The van der Waals surface area contributed by atoms with Gasteiger partial charge in [-0.3, -0.25) is 0 Å². The highest BCUT2D eigenvalue weighted by molar-refractivity contribution is 5.40. The first-order chi connectivity index (χ1) is 8.34. The molecule has 1 atom stereocenters. The molecule has 3 nitrogen and oxygen atoms in total. The van der Waals surface area contributed by atoms with Crippen LogP contribution in [-0.4, -0.2) is 38.7 Å². The molecule has 3 heteroatoms. The van der Waals surface area contributed by atoms with Gasteiger partial charge in [0.05, 0.1) is 13.2 Å². The zero-order valence-corrected chi connectivity index (χ0v) is 12.7. The molecule has 0 saturated heterocycles. The van der Waals surface area contributed by atoms with Crippen LogP contribution < -0.4 is 10.1 Å². The molecule has 18 heavy (non-hydrogen) atoms. The predicted octanol–water partition coefficient (Wildman–Crippen LogP) is 2.60. The molecule has 0 amide bonds. The fourth-order valence-electron chi connectivity index (χ4n) is 2.23. The van der Waals surface area contributed by atoms with Gasteiger partial charge in [0.2, 0.25) is 0 Å². The van der Waals surface area contributed by atoms with E-state index in [0.717, 1.165) is 5.75 Å². The summed E-state index contributed by atoms with van der Waals surface area (Å²) in [4.78, 5) is 2.23. The minimum atomic E-state index is -0.00414. The van der Waals surface area contributed by atoms with Crippen LogP contribution in [0.4, 0.5) is 0 Å². The summed E-state index contributed by atoms with van der Waals surface area (Å²) in [7, 11) is 7.93. The number of likely N-dealkylation sites (N-methyl/N-ethyl adjacent to an activating group) is 2. The Morgan fingerprint density at radius 3 is 2.33 bits per heavy atom. The molecule has 0 spiro atoms. The van der Waals surface area contributed by atoms with Crippen molar-refractivity contribution in [1.82, 2.24) is 10.2 Å². The van der Waals surface area contributed by atoms with Crippen molar-refractivity contribution in [3.8, 4) is 5.75 Å². The Kier molecular flexibility index (Phi) is 4.77. The molecule has 1 aromatic rings. The topological polar surface area (TPSA) is 24.5 Å². The van der Waals surface area contributed by atoms with Crippen LogP contribution in [0.25, 0.3) is 0 Å². The second-order valence-electron chi connectivity index (χ2n) is 5.52. The van der Waals surface area contributed by atoms with Gasteiger partial charge in [0.25, 0.3) is 0 Å². The molecule has 0 aliphatic carbocycles. The Hall–Kier alpha value is -1.06. The maximum atomic E-state index is 5.50. The van der Waals surface area contributed by atoms with Crippen LogP contribution in [0.15, 0.2) is 18.2 Å². The van der Waals surface area contributed by atoms with Gasteiger partial charge in [-0.2, -0.15) is 0 Å². The molecular weight excluding hydrogens is 224 g/mol. The van der Waals surface area contributed by atoms with Gasteiger partial charge in [-0.1, -0.05) is 17.7 Å². The first-order valence-corrected chi connectivity index (χ1v) is 6.33. The Bertz CT molecular complexity index is 399. The molecule has 0 fully saturated rings. The van der Waals surface area contributed by atoms with Crippen LogP contribution in [0, 0.1) is 6.92 Å². The van der Waals surface area contributed by atoms with Crippen molar-refractivity contribution in [3.63, 3.8) is 0 Å². The lowest BCUT2D eigenvalue weighted by atomic mass is 9.86. The molecule has 0 heterocycles. The lowest BCUT2D eigenvalue weighted by molar-refractivity contribution is 0.141. The fraction of sp³-hybridized carbons (Fsp3) is 0.600. The first-order valence-electron chi connectivity index (χ1n) is 6.33. The van der Waals surface area contributed by atoms with Gasteiger partial charge in [-0.05, 0) is 48.0 Å². The smallest absolute Gasteiger partial charge is 0.123 e. The van der Waals surface area contributed by atoms with Crippen LogP contribution >= 0.6 is 0 Å². The van der Waals surface area contributed by atoms with Gasteiger partial charge < -0.3 is 15.0 Å². The molecule has 0 saturated carbocycles. The highest BCUT2D eigenvalue weighted by Gasteiger charge is 2.33. The number of nitrogens with zero attached hydrogens (tertiary/aromatic N) is 1. The molecule has 0 aliphatic heterocycles. The molecule has 1 aromatic carbocycles. The zero-order chi connectivity index (χ0) is 13.9. The standard InChI is InChI=1S/C15H26N2O/c1-11-8-9-13(18-7)12(10-11)14(16-4)15(2,3)17(5)6/h8-10,14,16H,1-7H3. The van der Waals surface area contributed by atoms with Crippen LogP contribution in [-0.2, 0) is 0 Å². The van der Waals surface area contributed by atoms with E-state index in [-0.39, 0.29) is 11.6 Å². The van der Waals surface area contributed by atoms with E-state index in [0.29, 0.717) is 0 Å². The highest BCUT2D eigenvalue weighted by Crippen LogP contribution is 2.35. The van der Waals surface area contributed by atoms with E-state index in [1.807, 2.05) is 13.1 Å². The Labute approximate surface area is 111 Å². The second-order valence-corrected chi connectivity index (χ2v) is 5.52. The highest BCUT2D eigenvalue weighted by atomic mass is 16.5. The lowest BCUT2D eigenvalue weighted by Crippen LogP contribution is -2.48. The zero-order valence-electron chi connectivity index (χ0n) is 12.7. The van der Waals surface area contributed by atoms with Crippen LogP contribution in [0.5, 0.6) is 5.75 Å². The van der Waals surface area contributed by atoms with Gasteiger partial charge >= 0.3 is 0 Å². The van der Waals surface area contributed by atoms with Gasteiger partial charge in [0.15, 0.2) is 0 Å². The van der Waals surface area contributed by atoms with Gasteiger partial charge in [0.1, 0.15) is 5.75 Å². The predicted molar refractivity (Wildman–Crippen MR) is 77.3 cm³/mol. The maximum absolute atomic E-state index is 5.50. The molecule has 102 valence electrons. The Balaban J connectivity index is 3.28. The summed E-state index contributed by atoms with van der Waals surface area (Å²) in [5.74, 6) is 0.940. The van der Waals surface area contributed by atoms with E-state index < -0.39 is 0 Å². The summed E-state index contributed by atoms with van der Waals surface area (Å²) in [6.45, 7) is 6.57. The number of ether oxygens (including phenoxy) is 1. The summed E-state index contributed by atoms with van der Waals surface area (Å²) in [6, 6.07) is 6.53. The van der Waals surface area contributed by atoms with Gasteiger partial charge in [0, 0.05) is 11.1 Å². The van der Waals surface area contributed by atoms with Crippen molar-refractivity contribution in [2.24, 2.45) is 0 Å². The molecule has 1 rings (SSSR count). The summed E-state index contributed by atoms with van der Waals surface area (Å²) >= 11 is 0. The van der Waals surface area contributed by atoms with Crippen molar-refractivity contribution in [2.75, 3.05) is 28.3 Å². The van der Waals surface area contributed by atoms with Crippen LogP contribution in [0.3, 0.4) is 0 Å². The number of rotatable bonds is 5. The number of methoxy groups -OCH3 is 1. The molecule has 0 bridgehead atoms. The van der Waals surface area contributed by atoms with Crippen LogP contribution in [0.2, 0.25) is 0 Å². The van der Waals surface area contributed by atoms with E-state index in [9.17, 15) is 0 Å². The second kappa shape index (κ2) is 5.72. The number of hydrogen-bond donors (Lipinski definition) is 1. The minimum Gasteiger partial charge on any atom is -0.496 e. The summed E-state index contributed by atoms with van der Waals surface area (Å²) in [6.07, 6.45) is 0. The molecule has 1 unspecified atom stereocenters. The third-order valence-corrected chi connectivity index (χ3v) is 3.84. The van der Waals surface area contributed by atoms with Gasteiger partial charge in [-0.15, -0.1) is 0 Å².